The summed E-state index contributed by atoms with van der Waals surface area (Å²) in [7, 11) is 1.38. The molecule has 2 aromatic rings. The van der Waals surface area contributed by atoms with Crippen LogP contribution in [0.5, 0.6) is 0 Å². The van der Waals surface area contributed by atoms with Crippen molar-refractivity contribution in [2.24, 2.45) is 16.5 Å². The van der Waals surface area contributed by atoms with Crippen molar-refractivity contribution >= 4 is 23.5 Å². The summed E-state index contributed by atoms with van der Waals surface area (Å²) in [6, 6.07) is 14.4. The molecule has 0 unspecified atom stereocenters. The summed E-state index contributed by atoms with van der Waals surface area (Å²) in [5.74, 6) is -0.444. The third-order valence-corrected chi connectivity index (χ3v) is 3.71. The van der Waals surface area contributed by atoms with Gasteiger partial charge in [-0.15, -0.1) is 0 Å². The van der Waals surface area contributed by atoms with Crippen molar-refractivity contribution < 1.29 is 14.3 Å². The summed E-state index contributed by atoms with van der Waals surface area (Å²) >= 11 is 0. The number of guanidine groups is 1. The number of aliphatic imine (C=N–C) groups is 1. The fourth-order valence-electron chi connectivity index (χ4n) is 2.29. The molecular formula is C19H22N4O3. The second-order valence-electron chi connectivity index (χ2n) is 5.66. The first-order valence-corrected chi connectivity index (χ1v) is 8.10. The van der Waals surface area contributed by atoms with Crippen molar-refractivity contribution in [2.45, 2.75) is 19.4 Å². The number of benzene rings is 2. The first-order chi connectivity index (χ1) is 12.5. The number of nitrogens with two attached hydrogens (primary N) is 2. The van der Waals surface area contributed by atoms with E-state index in [2.05, 4.69) is 15.0 Å². The van der Waals surface area contributed by atoms with Crippen LogP contribution in [0.1, 0.15) is 27.9 Å². The number of hydrogen-bond donors (Lipinski definition) is 3. The number of hydrogen-bond acceptors (Lipinski definition) is 4. The third kappa shape index (κ3) is 5.94. The number of carbonyl (C=O) groups excluding carboxylic acids is 2. The summed E-state index contributed by atoms with van der Waals surface area (Å²) in [6.07, 6.45) is 0.976. The second kappa shape index (κ2) is 9.22. The topological polar surface area (TPSA) is 120 Å². The number of amides is 1. The first kappa shape index (κ1) is 19.0. The van der Waals surface area contributed by atoms with Crippen molar-refractivity contribution in [2.75, 3.05) is 7.11 Å². The average Bonchev–Trinajstić information content (AvgIpc) is 2.65. The van der Waals surface area contributed by atoms with Crippen LogP contribution in [-0.4, -0.2) is 24.9 Å². The Kier molecular flexibility index (Phi) is 6.73. The van der Waals surface area contributed by atoms with E-state index >= 15 is 0 Å². The van der Waals surface area contributed by atoms with Gasteiger partial charge in [-0.2, -0.15) is 0 Å². The minimum absolute atomic E-state index is 0.0303. The highest BCUT2D eigenvalue weighted by Gasteiger charge is 2.06. The summed E-state index contributed by atoms with van der Waals surface area (Å²) in [5, 5.41) is 2.86. The molecule has 0 atom stereocenters. The van der Waals surface area contributed by atoms with Crippen LogP contribution in [0.4, 0.5) is 5.69 Å². The van der Waals surface area contributed by atoms with Crippen LogP contribution in [0.25, 0.3) is 0 Å². The fraction of sp³-hybridized carbons (Fsp3) is 0.211. The Morgan fingerprint density at radius 3 is 2.19 bits per heavy atom. The van der Waals surface area contributed by atoms with Crippen LogP contribution < -0.4 is 16.8 Å². The van der Waals surface area contributed by atoms with Crippen LogP contribution in [0, 0.1) is 0 Å². The molecule has 0 saturated carbocycles. The molecule has 0 bridgehead atoms. The van der Waals surface area contributed by atoms with Crippen LogP contribution in [0.2, 0.25) is 0 Å². The molecule has 0 aliphatic rings. The maximum Gasteiger partial charge on any atom is 0.305 e. The van der Waals surface area contributed by atoms with Gasteiger partial charge in [-0.1, -0.05) is 24.3 Å². The molecule has 136 valence electrons. The molecule has 0 spiro atoms. The third-order valence-electron chi connectivity index (χ3n) is 3.71. The lowest BCUT2D eigenvalue weighted by molar-refractivity contribution is -0.140. The minimum atomic E-state index is -0.229. The van der Waals surface area contributed by atoms with Gasteiger partial charge in [0.25, 0.3) is 5.91 Å². The molecule has 0 aliphatic carbocycles. The molecule has 2 rings (SSSR count). The zero-order chi connectivity index (χ0) is 18.9. The molecule has 0 aromatic heterocycles. The molecule has 7 nitrogen and oxygen atoms in total. The lowest BCUT2D eigenvalue weighted by atomic mass is 10.1. The molecule has 1 amide bonds. The summed E-state index contributed by atoms with van der Waals surface area (Å²) in [5.41, 5.74) is 13.7. The van der Waals surface area contributed by atoms with E-state index in [4.69, 9.17) is 11.5 Å². The summed E-state index contributed by atoms with van der Waals surface area (Å²) in [6.45, 7) is 0.408. The monoisotopic (exact) mass is 354 g/mol. The van der Waals surface area contributed by atoms with E-state index in [-0.39, 0.29) is 17.8 Å². The van der Waals surface area contributed by atoms with E-state index in [0.717, 1.165) is 11.1 Å². The summed E-state index contributed by atoms with van der Waals surface area (Å²) < 4.78 is 4.62. The molecule has 5 N–H and O–H groups in total. The Labute approximate surface area is 152 Å². The van der Waals surface area contributed by atoms with Gasteiger partial charge in [-0.3, -0.25) is 9.59 Å². The van der Waals surface area contributed by atoms with Gasteiger partial charge >= 0.3 is 5.97 Å². The molecule has 0 saturated heterocycles. The number of aryl methyl sites for hydroxylation is 1. The molecule has 26 heavy (non-hydrogen) atoms. The molecule has 0 fully saturated rings. The highest BCUT2D eigenvalue weighted by molar-refractivity contribution is 5.94. The standard InChI is InChI=1S/C19H22N4O3/c1-26-17(24)11-6-13-2-4-14(5-3-13)12-22-18(25)15-7-9-16(10-8-15)23-19(20)21/h2-5,7-10H,6,11-12H2,1H3,(H,22,25)(H4,20,21,23). The van der Waals surface area contributed by atoms with Gasteiger partial charge in [0, 0.05) is 18.5 Å². The fourth-order valence-corrected chi connectivity index (χ4v) is 2.29. The van der Waals surface area contributed by atoms with Gasteiger partial charge in [-0.25, -0.2) is 4.99 Å². The van der Waals surface area contributed by atoms with Crippen LogP contribution in [0.15, 0.2) is 53.5 Å². The van der Waals surface area contributed by atoms with Gasteiger partial charge in [0.15, 0.2) is 5.96 Å². The first-order valence-electron chi connectivity index (χ1n) is 8.10. The summed E-state index contributed by atoms with van der Waals surface area (Å²) in [4.78, 5) is 27.2. The largest absolute Gasteiger partial charge is 0.469 e. The molecule has 7 heteroatoms. The van der Waals surface area contributed by atoms with E-state index in [1.807, 2.05) is 24.3 Å². The van der Waals surface area contributed by atoms with E-state index in [0.29, 0.717) is 30.6 Å². The maximum atomic E-state index is 12.2. The van der Waals surface area contributed by atoms with Crippen LogP contribution in [-0.2, 0) is 22.5 Å². The number of nitrogens with one attached hydrogen (secondary N) is 1. The lowest BCUT2D eigenvalue weighted by Crippen LogP contribution is -2.23. The van der Waals surface area contributed by atoms with Crippen molar-refractivity contribution in [3.63, 3.8) is 0 Å². The smallest absolute Gasteiger partial charge is 0.305 e. The Morgan fingerprint density at radius 1 is 1.00 bits per heavy atom. The number of esters is 1. The van der Waals surface area contributed by atoms with Crippen LogP contribution in [0.3, 0.4) is 0 Å². The Balaban J connectivity index is 1.86. The number of nitrogens with zero attached hydrogens (tertiary/aromatic N) is 1. The predicted octanol–water partition coefficient (Wildman–Crippen LogP) is 1.63. The Morgan fingerprint density at radius 2 is 1.62 bits per heavy atom. The SMILES string of the molecule is COC(=O)CCc1ccc(CNC(=O)c2ccc(N=C(N)N)cc2)cc1. The molecule has 2 aromatic carbocycles. The Hall–Kier alpha value is -3.35. The van der Waals surface area contributed by atoms with Crippen LogP contribution >= 0.6 is 0 Å². The average molecular weight is 354 g/mol. The van der Waals surface area contributed by atoms with E-state index < -0.39 is 0 Å². The van der Waals surface area contributed by atoms with Gasteiger partial charge in [-0.05, 0) is 41.8 Å². The highest BCUT2D eigenvalue weighted by Crippen LogP contribution is 2.13. The number of rotatable bonds is 7. The van der Waals surface area contributed by atoms with Gasteiger partial charge < -0.3 is 21.5 Å². The van der Waals surface area contributed by atoms with E-state index in [1.165, 1.54) is 7.11 Å². The molecular weight excluding hydrogens is 332 g/mol. The quantitative estimate of drug-likeness (QED) is 0.396. The second-order valence-corrected chi connectivity index (χ2v) is 5.66. The van der Waals surface area contributed by atoms with Gasteiger partial charge in [0.05, 0.1) is 12.8 Å². The van der Waals surface area contributed by atoms with E-state index in [1.54, 1.807) is 24.3 Å². The highest BCUT2D eigenvalue weighted by atomic mass is 16.5. The maximum absolute atomic E-state index is 12.2. The molecule has 0 heterocycles. The van der Waals surface area contributed by atoms with E-state index in [9.17, 15) is 9.59 Å². The number of carbonyl (C=O) groups is 2. The number of ether oxygens (including phenoxy) is 1. The van der Waals surface area contributed by atoms with Crippen molar-refractivity contribution in [1.82, 2.24) is 5.32 Å². The lowest BCUT2D eigenvalue weighted by Gasteiger charge is -2.07. The van der Waals surface area contributed by atoms with Gasteiger partial charge in [0.1, 0.15) is 0 Å². The Bertz CT molecular complexity index is 779. The zero-order valence-corrected chi connectivity index (χ0v) is 14.6. The minimum Gasteiger partial charge on any atom is -0.469 e. The predicted molar refractivity (Wildman–Crippen MR) is 99.9 cm³/mol. The number of methoxy groups -OCH3 is 1. The van der Waals surface area contributed by atoms with Crippen molar-refractivity contribution in [1.29, 1.82) is 0 Å². The normalized spacial score (nSPS) is 10.0. The molecule has 0 radical (unpaired) electrons. The van der Waals surface area contributed by atoms with Crippen molar-refractivity contribution in [3.05, 3.63) is 65.2 Å². The zero-order valence-electron chi connectivity index (χ0n) is 14.6. The van der Waals surface area contributed by atoms with Gasteiger partial charge in [0.2, 0.25) is 0 Å². The van der Waals surface area contributed by atoms with Crippen molar-refractivity contribution in [3.8, 4) is 0 Å². The molecule has 0 aliphatic heterocycles.